The number of anilines is 2. The predicted molar refractivity (Wildman–Crippen MR) is 74.4 cm³/mol. The van der Waals surface area contributed by atoms with Gasteiger partial charge in [-0.2, -0.15) is 0 Å². The third kappa shape index (κ3) is 2.17. The summed E-state index contributed by atoms with van der Waals surface area (Å²) in [4.78, 5) is 26.0. The molecular weight excluding hydrogens is 258 g/mol. The van der Waals surface area contributed by atoms with Gasteiger partial charge in [-0.3, -0.25) is 14.5 Å². The average molecular weight is 275 g/mol. The van der Waals surface area contributed by atoms with Crippen LogP contribution in [-0.2, 0) is 14.3 Å². The number of rotatable bonds is 1. The molecule has 0 radical (unpaired) electrons. The van der Waals surface area contributed by atoms with E-state index in [4.69, 9.17) is 10.5 Å². The van der Waals surface area contributed by atoms with Gasteiger partial charge in [-0.1, -0.05) is 12.1 Å². The van der Waals surface area contributed by atoms with Crippen molar-refractivity contribution in [3.63, 3.8) is 0 Å². The second-order valence-corrected chi connectivity index (χ2v) is 5.23. The standard InChI is InChI=1S/C14H17N3O3/c15-14(5-7-20-8-6-14)13(19)17-9-12(18)16-10-3-1-2-4-11(10)17/h1-4H,5-9,15H2,(H,16,18). The Balaban J connectivity index is 1.93. The van der Waals surface area contributed by atoms with Crippen molar-refractivity contribution in [1.29, 1.82) is 0 Å². The van der Waals surface area contributed by atoms with Crippen molar-refractivity contribution in [2.24, 2.45) is 5.73 Å². The van der Waals surface area contributed by atoms with Crippen molar-refractivity contribution in [3.8, 4) is 0 Å². The third-order valence-electron chi connectivity index (χ3n) is 3.83. The summed E-state index contributed by atoms with van der Waals surface area (Å²) in [5, 5.41) is 2.76. The minimum atomic E-state index is -0.941. The van der Waals surface area contributed by atoms with Gasteiger partial charge in [-0.05, 0) is 25.0 Å². The molecule has 0 saturated carbocycles. The molecular formula is C14H17N3O3. The monoisotopic (exact) mass is 275 g/mol. The summed E-state index contributed by atoms with van der Waals surface area (Å²) in [6.07, 6.45) is 0.957. The number of fused-ring (bicyclic) bond motifs is 1. The number of benzene rings is 1. The van der Waals surface area contributed by atoms with Crippen LogP contribution < -0.4 is 16.0 Å². The van der Waals surface area contributed by atoms with Crippen LogP contribution in [0.25, 0.3) is 0 Å². The summed E-state index contributed by atoms with van der Waals surface area (Å²) >= 11 is 0. The summed E-state index contributed by atoms with van der Waals surface area (Å²) in [7, 11) is 0. The molecule has 2 amide bonds. The van der Waals surface area contributed by atoms with E-state index in [0.29, 0.717) is 37.4 Å². The number of carbonyl (C=O) groups is 2. The lowest BCUT2D eigenvalue weighted by atomic mass is 9.89. The molecule has 0 aromatic heterocycles. The van der Waals surface area contributed by atoms with E-state index in [9.17, 15) is 9.59 Å². The SMILES string of the molecule is NC1(C(=O)N2CC(=O)Nc3ccccc32)CCOCC1. The summed E-state index contributed by atoms with van der Waals surface area (Å²) in [6, 6.07) is 7.25. The Morgan fingerprint density at radius 2 is 2.00 bits per heavy atom. The Morgan fingerprint density at radius 1 is 1.30 bits per heavy atom. The topological polar surface area (TPSA) is 84.7 Å². The van der Waals surface area contributed by atoms with Crippen LogP contribution in [0.5, 0.6) is 0 Å². The van der Waals surface area contributed by atoms with E-state index in [2.05, 4.69) is 5.32 Å². The van der Waals surface area contributed by atoms with Gasteiger partial charge in [-0.25, -0.2) is 0 Å². The maximum absolute atomic E-state index is 12.7. The highest BCUT2D eigenvalue weighted by Gasteiger charge is 2.41. The first-order chi connectivity index (χ1) is 9.60. The fraction of sp³-hybridized carbons (Fsp3) is 0.429. The molecule has 1 fully saturated rings. The van der Waals surface area contributed by atoms with Gasteiger partial charge in [0, 0.05) is 13.2 Å². The largest absolute Gasteiger partial charge is 0.381 e. The number of hydrogen-bond donors (Lipinski definition) is 2. The van der Waals surface area contributed by atoms with Crippen LogP contribution in [-0.4, -0.2) is 37.1 Å². The first kappa shape index (κ1) is 13.1. The van der Waals surface area contributed by atoms with Gasteiger partial charge in [0.25, 0.3) is 0 Å². The van der Waals surface area contributed by atoms with Crippen molar-refractivity contribution < 1.29 is 14.3 Å². The Bertz CT molecular complexity index is 552. The Labute approximate surface area is 116 Å². The molecule has 20 heavy (non-hydrogen) atoms. The smallest absolute Gasteiger partial charge is 0.247 e. The maximum Gasteiger partial charge on any atom is 0.247 e. The molecule has 0 aliphatic carbocycles. The Kier molecular flexibility index (Phi) is 3.19. The predicted octanol–water partition coefficient (Wildman–Crippen LogP) is 0.480. The van der Waals surface area contributed by atoms with E-state index >= 15 is 0 Å². The average Bonchev–Trinajstić information content (AvgIpc) is 2.46. The molecule has 3 rings (SSSR count). The number of ether oxygens (including phenoxy) is 1. The molecule has 0 bridgehead atoms. The van der Waals surface area contributed by atoms with E-state index in [0.717, 1.165) is 0 Å². The Hall–Kier alpha value is -1.92. The number of para-hydroxylation sites is 2. The summed E-state index contributed by atoms with van der Waals surface area (Å²) in [6.45, 7) is 0.962. The highest BCUT2D eigenvalue weighted by atomic mass is 16.5. The molecule has 2 aliphatic rings. The van der Waals surface area contributed by atoms with Crippen LogP contribution in [0.4, 0.5) is 11.4 Å². The maximum atomic E-state index is 12.7. The van der Waals surface area contributed by atoms with Crippen LogP contribution in [0.2, 0.25) is 0 Å². The fourth-order valence-electron chi connectivity index (χ4n) is 2.63. The minimum absolute atomic E-state index is 0.00958. The normalized spacial score (nSPS) is 21.1. The van der Waals surface area contributed by atoms with Crippen LogP contribution in [0.1, 0.15) is 12.8 Å². The molecule has 106 valence electrons. The van der Waals surface area contributed by atoms with Crippen molar-refractivity contribution >= 4 is 23.2 Å². The van der Waals surface area contributed by atoms with Gasteiger partial charge in [0.15, 0.2) is 0 Å². The van der Waals surface area contributed by atoms with Crippen molar-refractivity contribution in [2.45, 2.75) is 18.4 Å². The summed E-state index contributed by atoms with van der Waals surface area (Å²) in [5.41, 5.74) is 6.64. The summed E-state index contributed by atoms with van der Waals surface area (Å²) in [5.74, 6) is -0.407. The van der Waals surface area contributed by atoms with Gasteiger partial charge in [0.2, 0.25) is 11.8 Å². The Morgan fingerprint density at radius 3 is 2.75 bits per heavy atom. The van der Waals surface area contributed by atoms with E-state index < -0.39 is 5.54 Å². The van der Waals surface area contributed by atoms with E-state index in [1.54, 1.807) is 6.07 Å². The molecule has 0 unspecified atom stereocenters. The molecule has 0 atom stereocenters. The number of nitrogens with zero attached hydrogens (tertiary/aromatic N) is 1. The molecule has 1 saturated heterocycles. The summed E-state index contributed by atoms with van der Waals surface area (Å²) < 4.78 is 5.26. The second-order valence-electron chi connectivity index (χ2n) is 5.23. The lowest BCUT2D eigenvalue weighted by Crippen LogP contribution is -2.60. The molecule has 0 spiro atoms. The quantitative estimate of drug-likeness (QED) is 0.780. The molecule has 2 heterocycles. The lowest BCUT2D eigenvalue weighted by Gasteiger charge is -2.38. The number of nitrogens with one attached hydrogen (secondary N) is 1. The molecule has 6 nitrogen and oxygen atoms in total. The zero-order valence-electron chi connectivity index (χ0n) is 11.1. The highest BCUT2D eigenvalue weighted by Crippen LogP contribution is 2.32. The number of carbonyl (C=O) groups excluding carboxylic acids is 2. The molecule has 3 N–H and O–H groups in total. The number of nitrogens with two attached hydrogens (primary N) is 1. The van der Waals surface area contributed by atoms with Crippen LogP contribution in [0, 0.1) is 0 Å². The first-order valence-electron chi connectivity index (χ1n) is 6.68. The lowest BCUT2D eigenvalue weighted by molar-refractivity contribution is -0.128. The van der Waals surface area contributed by atoms with Crippen LogP contribution in [0.15, 0.2) is 24.3 Å². The minimum Gasteiger partial charge on any atom is -0.381 e. The highest BCUT2D eigenvalue weighted by molar-refractivity contribution is 6.12. The van der Waals surface area contributed by atoms with Gasteiger partial charge < -0.3 is 15.8 Å². The van der Waals surface area contributed by atoms with Gasteiger partial charge in [-0.15, -0.1) is 0 Å². The van der Waals surface area contributed by atoms with Crippen molar-refractivity contribution in [3.05, 3.63) is 24.3 Å². The van der Waals surface area contributed by atoms with E-state index in [-0.39, 0.29) is 18.4 Å². The van der Waals surface area contributed by atoms with Crippen molar-refractivity contribution in [2.75, 3.05) is 30.0 Å². The third-order valence-corrected chi connectivity index (χ3v) is 3.83. The fourth-order valence-corrected chi connectivity index (χ4v) is 2.63. The second kappa shape index (κ2) is 4.88. The van der Waals surface area contributed by atoms with Gasteiger partial charge in [0.05, 0.1) is 11.4 Å². The number of hydrogen-bond acceptors (Lipinski definition) is 4. The van der Waals surface area contributed by atoms with Gasteiger partial charge >= 0.3 is 0 Å². The molecule has 6 heteroatoms. The first-order valence-corrected chi connectivity index (χ1v) is 6.68. The van der Waals surface area contributed by atoms with Gasteiger partial charge in [0.1, 0.15) is 12.1 Å². The number of amides is 2. The molecule has 1 aromatic rings. The molecule has 2 aliphatic heterocycles. The zero-order chi connectivity index (χ0) is 14.2. The van der Waals surface area contributed by atoms with E-state index in [1.165, 1.54) is 4.90 Å². The molecule has 1 aromatic carbocycles. The van der Waals surface area contributed by atoms with Crippen molar-refractivity contribution in [1.82, 2.24) is 0 Å². The zero-order valence-corrected chi connectivity index (χ0v) is 11.1. The van der Waals surface area contributed by atoms with E-state index in [1.807, 2.05) is 18.2 Å². The van der Waals surface area contributed by atoms with Crippen LogP contribution >= 0.6 is 0 Å². The van der Waals surface area contributed by atoms with Crippen LogP contribution in [0.3, 0.4) is 0 Å².